The molecule has 0 aliphatic heterocycles. The van der Waals surface area contributed by atoms with Crippen LogP contribution in [0.3, 0.4) is 0 Å². The van der Waals surface area contributed by atoms with Gasteiger partial charge in [0.25, 0.3) is 0 Å². The van der Waals surface area contributed by atoms with Crippen molar-refractivity contribution >= 4 is 11.9 Å². The summed E-state index contributed by atoms with van der Waals surface area (Å²) in [5.74, 6) is -1.83. The molecule has 0 aliphatic rings. The molecule has 0 saturated heterocycles. The van der Waals surface area contributed by atoms with Gasteiger partial charge in [-0.1, -0.05) is 12.8 Å². The molecule has 4 N–H and O–H groups in total. The summed E-state index contributed by atoms with van der Waals surface area (Å²) in [6, 6.07) is 0. The Kier molecular flexibility index (Phi) is 10.0. The summed E-state index contributed by atoms with van der Waals surface area (Å²) in [7, 11) is 0. The predicted molar refractivity (Wildman–Crippen MR) is 73.4 cm³/mol. The summed E-state index contributed by atoms with van der Waals surface area (Å²) < 4.78 is 0. The number of hydrogen-bond donors (Lipinski definition) is 4. The van der Waals surface area contributed by atoms with E-state index >= 15 is 0 Å². The lowest BCUT2D eigenvalue weighted by atomic mass is 9.74. The van der Waals surface area contributed by atoms with Crippen LogP contribution in [0.5, 0.6) is 0 Å². The van der Waals surface area contributed by atoms with Crippen LogP contribution >= 0.6 is 0 Å². The Labute approximate surface area is 119 Å². The lowest BCUT2D eigenvalue weighted by molar-refractivity contribution is -0.151. The lowest BCUT2D eigenvalue weighted by Gasteiger charge is -2.29. The first-order valence-electron chi connectivity index (χ1n) is 7.15. The number of carboxylic acids is 2. The van der Waals surface area contributed by atoms with Crippen LogP contribution in [0.15, 0.2) is 0 Å². The van der Waals surface area contributed by atoms with Gasteiger partial charge in [-0.15, -0.1) is 0 Å². The molecule has 0 aliphatic carbocycles. The second-order valence-electron chi connectivity index (χ2n) is 5.19. The van der Waals surface area contributed by atoms with Crippen molar-refractivity contribution in [2.24, 2.45) is 5.41 Å². The van der Waals surface area contributed by atoms with Gasteiger partial charge in [0, 0.05) is 19.6 Å². The number of carbonyl (C=O) groups is 2. The first-order chi connectivity index (χ1) is 9.48. The van der Waals surface area contributed by atoms with Crippen LogP contribution in [0, 0.1) is 5.41 Å². The standard InChI is InChI=1S/C14H26O6/c15-10-3-1-7-14(13(19)20,8-2-4-11-16)9-5-6-12(17)18/h15-16H,1-11H2,(H,17,18)(H,19,20). The molecular formula is C14H26O6. The highest BCUT2D eigenvalue weighted by Crippen LogP contribution is 2.37. The van der Waals surface area contributed by atoms with Gasteiger partial charge < -0.3 is 20.4 Å². The number of aliphatic carboxylic acids is 2. The Morgan fingerprint density at radius 2 is 1.20 bits per heavy atom. The molecule has 0 aromatic heterocycles. The molecule has 0 amide bonds. The largest absolute Gasteiger partial charge is 0.481 e. The van der Waals surface area contributed by atoms with Crippen LogP contribution in [0.2, 0.25) is 0 Å². The number of rotatable bonds is 13. The van der Waals surface area contributed by atoms with Gasteiger partial charge in [0.15, 0.2) is 0 Å². The maximum atomic E-state index is 11.6. The quantitative estimate of drug-likeness (QED) is 0.383. The average Bonchev–Trinajstić information content (AvgIpc) is 2.38. The van der Waals surface area contributed by atoms with E-state index in [1.807, 2.05) is 0 Å². The Hall–Kier alpha value is -1.14. The van der Waals surface area contributed by atoms with Gasteiger partial charge in [-0.25, -0.2) is 0 Å². The Balaban J connectivity index is 4.63. The van der Waals surface area contributed by atoms with E-state index < -0.39 is 17.4 Å². The first kappa shape index (κ1) is 18.9. The average molecular weight is 290 g/mol. The highest BCUT2D eigenvalue weighted by atomic mass is 16.4. The van der Waals surface area contributed by atoms with Crippen molar-refractivity contribution in [2.75, 3.05) is 13.2 Å². The number of carboxylic acid groups (broad SMARTS) is 2. The second kappa shape index (κ2) is 10.6. The summed E-state index contributed by atoms with van der Waals surface area (Å²) >= 11 is 0. The topological polar surface area (TPSA) is 115 Å². The molecule has 0 spiro atoms. The van der Waals surface area contributed by atoms with Gasteiger partial charge in [-0.3, -0.25) is 9.59 Å². The maximum absolute atomic E-state index is 11.6. The van der Waals surface area contributed by atoms with Crippen molar-refractivity contribution in [1.82, 2.24) is 0 Å². The van der Waals surface area contributed by atoms with Crippen LogP contribution in [0.25, 0.3) is 0 Å². The molecule has 0 heterocycles. The van der Waals surface area contributed by atoms with E-state index in [-0.39, 0.29) is 19.6 Å². The van der Waals surface area contributed by atoms with Crippen LogP contribution in [0.4, 0.5) is 0 Å². The fourth-order valence-electron chi connectivity index (χ4n) is 2.42. The molecule has 0 bridgehead atoms. The highest BCUT2D eigenvalue weighted by Gasteiger charge is 2.36. The summed E-state index contributed by atoms with van der Waals surface area (Å²) in [5.41, 5.74) is -0.931. The molecule has 0 aromatic rings. The van der Waals surface area contributed by atoms with E-state index in [2.05, 4.69) is 0 Å². The minimum atomic E-state index is -0.931. The van der Waals surface area contributed by atoms with Gasteiger partial charge in [-0.2, -0.15) is 0 Å². The third-order valence-electron chi connectivity index (χ3n) is 3.63. The number of aliphatic hydroxyl groups excluding tert-OH is 2. The van der Waals surface area contributed by atoms with E-state index in [9.17, 15) is 14.7 Å². The monoisotopic (exact) mass is 290 g/mol. The fourth-order valence-corrected chi connectivity index (χ4v) is 2.42. The highest BCUT2D eigenvalue weighted by molar-refractivity contribution is 5.74. The predicted octanol–water partition coefficient (Wildman–Crippen LogP) is 1.64. The summed E-state index contributed by atoms with van der Waals surface area (Å²) in [5, 5.41) is 35.8. The van der Waals surface area contributed by atoms with Crippen molar-refractivity contribution in [3.8, 4) is 0 Å². The van der Waals surface area contributed by atoms with Crippen molar-refractivity contribution in [3.63, 3.8) is 0 Å². The molecular weight excluding hydrogens is 264 g/mol. The Bertz CT molecular complexity index is 279. The first-order valence-corrected chi connectivity index (χ1v) is 7.15. The van der Waals surface area contributed by atoms with E-state index in [0.29, 0.717) is 51.4 Å². The van der Waals surface area contributed by atoms with E-state index in [1.54, 1.807) is 0 Å². The normalized spacial score (nSPS) is 11.5. The SMILES string of the molecule is O=C(O)CCCC(CCCCO)(CCCCO)C(=O)O. The minimum Gasteiger partial charge on any atom is -0.481 e. The van der Waals surface area contributed by atoms with E-state index in [4.69, 9.17) is 15.3 Å². The molecule has 6 nitrogen and oxygen atoms in total. The van der Waals surface area contributed by atoms with Gasteiger partial charge >= 0.3 is 11.9 Å². The zero-order valence-corrected chi connectivity index (χ0v) is 11.9. The number of aliphatic hydroxyl groups is 2. The molecule has 0 radical (unpaired) electrons. The fraction of sp³-hybridized carbons (Fsp3) is 0.857. The third kappa shape index (κ3) is 7.45. The second-order valence-corrected chi connectivity index (χ2v) is 5.19. The minimum absolute atomic E-state index is 0.0292. The van der Waals surface area contributed by atoms with Crippen LogP contribution < -0.4 is 0 Å². The molecule has 0 fully saturated rings. The smallest absolute Gasteiger partial charge is 0.309 e. The van der Waals surface area contributed by atoms with Gasteiger partial charge in [0.05, 0.1) is 5.41 Å². The molecule has 0 unspecified atom stereocenters. The van der Waals surface area contributed by atoms with Gasteiger partial charge in [0.2, 0.25) is 0 Å². The molecule has 6 heteroatoms. The van der Waals surface area contributed by atoms with E-state index in [1.165, 1.54) is 0 Å². The Morgan fingerprint density at radius 3 is 1.55 bits per heavy atom. The Morgan fingerprint density at radius 1 is 0.750 bits per heavy atom. The molecule has 0 aromatic carbocycles. The van der Waals surface area contributed by atoms with Crippen LogP contribution in [-0.4, -0.2) is 45.6 Å². The summed E-state index contributed by atoms with van der Waals surface area (Å²) in [6.07, 6.45) is 3.81. The molecule has 118 valence electrons. The van der Waals surface area contributed by atoms with E-state index in [0.717, 1.165) is 0 Å². The molecule has 0 saturated carbocycles. The lowest BCUT2D eigenvalue weighted by Crippen LogP contribution is -2.31. The molecule has 0 rings (SSSR count). The zero-order chi connectivity index (χ0) is 15.4. The van der Waals surface area contributed by atoms with Crippen LogP contribution in [0.1, 0.15) is 57.8 Å². The molecule has 0 atom stereocenters. The summed E-state index contributed by atoms with van der Waals surface area (Å²) in [4.78, 5) is 22.2. The van der Waals surface area contributed by atoms with Crippen molar-refractivity contribution in [2.45, 2.75) is 57.8 Å². The zero-order valence-electron chi connectivity index (χ0n) is 11.9. The van der Waals surface area contributed by atoms with Crippen molar-refractivity contribution in [3.05, 3.63) is 0 Å². The van der Waals surface area contributed by atoms with Crippen molar-refractivity contribution in [1.29, 1.82) is 0 Å². The molecule has 20 heavy (non-hydrogen) atoms. The maximum Gasteiger partial charge on any atom is 0.309 e. The van der Waals surface area contributed by atoms with Crippen LogP contribution in [-0.2, 0) is 9.59 Å². The van der Waals surface area contributed by atoms with Gasteiger partial charge in [-0.05, 0) is 38.5 Å². The summed E-state index contributed by atoms with van der Waals surface area (Å²) in [6.45, 7) is 0.0585. The third-order valence-corrected chi connectivity index (χ3v) is 3.63. The number of unbranched alkanes of at least 4 members (excludes halogenated alkanes) is 2. The van der Waals surface area contributed by atoms with Gasteiger partial charge in [0.1, 0.15) is 0 Å². The van der Waals surface area contributed by atoms with Crippen molar-refractivity contribution < 1.29 is 30.0 Å². The number of hydrogen-bond acceptors (Lipinski definition) is 4.